The van der Waals surface area contributed by atoms with Gasteiger partial charge in [-0.25, -0.2) is 0 Å². The number of amides is 3. The third kappa shape index (κ3) is 1.96. The molecule has 0 unspecified atom stereocenters. The van der Waals surface area contributed by atoms with E-state index in [9.17, 15) is 24.5 Å². The Morgan fingerprint density at radius 2 is 1.79 bits per heavy atom. The number of nitro benzene ring substituents is 1. The van der Waals surface area contributed by atoms with Crippen molar-refractivity contribution in [2.45, 2.75) is 6.42 Å². The normalized spacial score (nSPS) is 29.9. The molecule has 0 aromatic heterocycles. The summed E-state index contributed by atoms with van der Waals surface area (Å²) in [5, 5.41) is 11.6. The topological polar surface area (TPSA) is 110 Å². The summed E-state index contributed by atoms with van der Waals surface area (Å²) >= 11 is 0. The maximum atomic E-state index is 12.5. The van der Waals surface area contributed by atoms with Gasteiger partial charge in [0.1, 0.15) is 0 Å². The van der Waals surface area contributed by atoms with Crippen LogP contribution in [0.4, 0.5) is 5.69 Å². The molecule has 1 heterocycles. The third-order valence-corrected chi connectivity index (χ3v) is 5.00. The zero-order chi connectivity index (χ0) is 17.0. The summed E-state index contributed by atoms with van der Waals surface area (Å²) in [7, 11) is 0. The minimum absolute atomic E-state index is 0.0166. The van der Waals surface area contributed by atoms with Gasteiger partial charge in [-0.1, -0.05) is 18.2 Å². The van der Waals surface area contributed by atoms with E-state index >= 15 is 0 Å². The van der Waals surface area contributed by atoms with Gasteiger partial charge in [0.2, 0.25) is 0 Å². The number of hydrogen-bond acceptors (Lipinski definition) is 5. The Morgan fingerprint density at radius 1 is 1.17 bits per heavy atom. The van der Waals surface area contributed by atoms with Crippen molar-refractivity contribution in [1.29, 1.82) is 0 Å². The van der Waals surface area contributed by atoms with Gasteiger partial charge in [0.05, 0.1) is 16.8 Å². The molecule has 1 aromatic rings. The van der Waals surface area contributed by atoms with E-state index in [4.69, 9.17) is 0 Å². The van der Waals surface area contributed by atoms with Crippen LogP contribution in [0.3, 0.4) is 0 Å². The molecule has 0 spiro atoms. The Kier molecular flexibility index (Phi) is 3.02. The number of rotatable bonds is 3. The van der Waals surface area contributed by atoms with Gasteiger partial charge in [0, 0.05) is 17.7 Å². The fourth-order valence-electron chi connectivity index (χ4n) is 3.94. The van der Waals surface area contributed by atoms with Gasteiger partial charge in [-0.2, -0.15) is 5.01 Å². The van der Waals surface area contributed by atoms with Gasteiger partial charge in [-0.15, -0.1) is 0 Å². The fraction of sp³-hybridized carbons (Fsp3) is 0.312. The van der Waals surface area contributed by atoms with Gasteiger partial charge in [-0.3, -0.25) is 29.9 Å². The number of benzene rings is 1. The lowest BCUT2D eigenvalue weighted by Gasteiger charge is -2.17. The van der Waals surface area contributed by atoms with Crippen LogP contribution >= 0.6 is 0 Å². The Hall–Kier alpha value is -3.03. The molecule has 3 amide bonds. The second-order valence-corrected chi connectivity index (χ2v) is 6.26. The Balaban J connectivity index is 1.55. The highest BCUT2D eigenvalue weighted by Gasteiger charge is 2.59. The van der Waals surface area contributed by atoms with Crippen LogP contribution in [0.5, 0.6) is 0 Å². The quantitative estimate of drug-likeness (QED) is 0.386. The van der Waals surface area contributed by atoms with Crippen molar-refractivity contribution in [3.63, 3.8) is 0 Å². The molecule has 0 radical (unpaired) electrons. The van der Waals surface area contributed by atoms with Crippen LogP contribution in [0.25, 0.3) is 0 Å². The largest absolute Gasteiger partial charge is 0.272 e. The molecular formula is C16H13N3O5. The average Bonchev–Trinajstić information content (AvgIpc) is 3.24. The molecule has 1 saturated heterocycles. The molecule has 1 saturated carbocycles. The Bertz CT molecular complexity index is 788. The van der Waals surface area contributed by atoms with E-state index in [-0.39, 0.29) is 23.1 Å². The molecule has 2 fully saturated rings. The van der Waals surface area contributed by atoms with Crippen LogP contribution in [0.1, 0.15) is 16.8 Å². The van der Waals surface area contributed by atoms with Crippen molar-refractivity contribution >= 4 is 23.4 Å². The van der Waals surface area contributed by atoms with E-state index in [0.29, 0.717) is 0 Å². The average molecular weight is 327 g/mol. The molecule has 2 bridgehead atoms. The van der Waals surface area contributed by atoms with Crippen molar-refractivity contribution < 1.29 is 19.3 Å². The fourth-order valence-corrected chi connectivity index (χ4v) is 3.94. The molecule has 122 valence electrons. The van der Waals surface area contributed by atoms with E-state index in [2.05, 4.69) is 5.43 Å². The zero-order valence-corrected chi connectivity index (χ0v) is 12.4. The van der Waals surface area contributed by atoms with Crippen LogP contribution < -0.4 is 5.43 Å². The number of hydrogen-bond donors (Lipinski definition) is 1. The van der Waals surface area contributed by atoms with Gasteiger partial charge in [0.25, 0.3) is 23.4 Å². The summed E-state index contributed by atoms with van der Waals surface area (Å²) in [6.07, 6.45) is 4.73. The van der Waals surface area contributed by atoms with Crippen LogP contribution in [-0.2, 0) is 9.59 Å². The van der Waals surface area contributed by atoms with E-state index in [1.807, 2.05) is 12.2 Å². The minimum atomic E-state index is -0.722. The van der Waals surface area contributed by atoms with Crippen LogP contribution in [0.15, 0.2) is 36.4 Å². The van der Waals surface area contributed by atoms with Crippen molar-refractivity contribution in [2.75, 3.05) is 0 Å². The molecule has 1 aromatic carbocycles. The smallest absolute Gasteiger partial charge is 0.270 e. The summed E-state index contributed by atoms with van der Waals surface area (Å²) < 4.78 is 0. The predicted octanol–water partition coefficient (Wildman–Crippen LogP) is 1.05. The van der Waals surface area contributed by atoms with E-state index in [0.717, 1.165) is 17.5 Å². The number of fused-ring (bicyclic) bond motifs is 5. The molecule has 1 aliphatic heterocycles. The molecule has 1 N–H and O–H groups in total. The highest BCUT2D eigenvalue weighted by atomic mass is 16.6. The molecule has 3 aliphatic rings. The lowest BCUT2D eigenvalue weighted by molar-refractivity contribution is -0.384. The summed E-state index contributed by atoms with van der Waals surface area (Å²) in [5.74, 6) is -2.23. The summed E-state index contributed by atoms with van der Waals surface area (Å²) in [6, 6.07) is 5.13. The first-order valence-corrected chi connectivity index (χ1v) is 7.59. The maximum Gasteiger partial charge on any atom is 0.270 e. The van der Waals surface area contributed by atoms with Gasteiger partial charge in [-0.05, 0) is 24.3 Å². The van der Waals surface area contributed by atoms with E-state index in [1.54, 1.807) is 0 Å². The number of hydrazine groups is 1. The molecule has 4 atom stereocenters. The lowest BCUT2D eigenvalue weighted by atomic mass is 9.85. The number of allylic oxidation sites excluding steroid dienone is 2. The molecule has 4 rings (SSSR count). The van der Waals surface area contributed by atoms with Gasteiger partial charge >= 0.3 is 0 Å². The first-order valence-electron chi connectivity index (χ1n) is 7.59. The summed E-state index contributed by atoms with van der Waals surface area (Å²) in [6.45, 7) is 0. The molecule has 2 aliphatic carbocycles. The van der Waals surface area contributed by atoms with Crippen molar-refractivity contribution in [3.05, 3.63) is 52.1 Å². The molecule has 8 heteroatoms. The number of imide groups is 1. The number of nitro groups is 1. The van der Waals surface area contributed by atoms with Crippen LogP contribution in [-0.4, -0.2) is 27.7 Å². The standard InChI is InChI=1S/C16H13N3O5/c20-14(10-2-1-3-11(7-10)19(23)24)17-18-15(21)12-8-4-5-9(6-8)13(12)16(18)22/h1-5,7-9,12-13H,6H2,(H,17,20)/t8-,9-,12+,13+/m1/s1. The van der Waals surface area contributed by atoms with Crippen LogP contribution in [0, 0.1) is 33.8 Å². The number of non-ortho nitro benzene ring substituents is 1. The second kappa shape index (κ2) is 4.98. The second-order valence-electron chi connectivity index (χ2n) is 6.26. The number of carbonyl (C=O) groups excluding carboxylic acids is 3. The number of nitrogens with zero attached hydrogens (tertiary/aromatic N) is 2. The van der Waals surface area contributed by atoms with Gasteiger partial charge in [0.15, 0.2) is 0 Å². The van der Waals surface area contributed by atoms with Crippen molar-refractivity contribution in [3.8, 4) is 0 Å². The number of nitrogens with one attached hydrogen (secondary N) is 1. The summed E-state index contributed by atoms with van der Waals surface area (Å²) in [4.78, 5) is 47.4. The Morgan fingerprint density at radius 3 is 2.38 bits per heavy atom. The highest BCUT2D eigenvalue weighted by molar-refractivity contribution is 6.08. The highest BCUT2D eigenvalue weighted by Crippen LogP contribution is 2.52. The molecule has 8 nitrogen and oxygen atoms in total. The molecule has 24 heavy (non-hydrogen) atoms. The monoisotopic (exact) mass is 327 g/mol. The Labute approximate surface area is 136 Å². The maximum absolute atomic E-state index is 12.5. The van der Waals surface area contributed by atoms with Crippen molar-refractivity contribution in [1.82, 2.24) is 10.4 Å². The predicted molar refractivity (Wildman–Crippen MR) is 80.1 cm³/mol. The minimum Gasteiger partial charge on any atom is -0.272 e. The summed E-state index contributed by atoms with van der Waals surface area (Å²) in [5.41, 5.74) is 2.08. The van der Waals surface area contributed by atoms with Crippen molar-refractivity contribution in [2.24, 2.45) is 23.7 Å². The number of carbonyl (C=O) groups is 3. The SMILES string of the molecule is O=C(NN1C(=O)[C@@H]2[C@@H](C1=O)[C@@H]1C=C[C@@H]2C1)c1cccc([N+](=O)[O-])c1. The van der Waals surface area contributed by atoms with E-state index < -0.39 is 34.5 Å². The first kappa shape index (κ1) is 14.6. The zero-order valence-electron chi connectivity index (χ0n) is 12.4. The third-order valence-electron chi connectivity index (χ3n) is 5.00. The first-order chi connectivity index (χ1) is 11.5. The van der Waals surface area contributed by atoms with Crippen LogP contribution in [0.2, 0.25) is 0 Å². The lowest BCUT2D eigenvalue weighted by Crippen LogP contribution is -2.47. The van der Waals surface area contributed by atoms with Gasteiger partial charge < -0.3 is 0 Å². The van der Waals surface area contributed by atoms with E-state index in [1.165, 1.54) is 18.2 Å². The molecular weight excluding hydrogens is 314 g/mol.